The van der Waals surface area contributed by atoms with Crippen molar-refractivity contribution in [3.63, 3.8) is 0 Å². The van der Waals surface area contributed by atoms with Gasteiger partial charge >= 0.3 is 0 Å². The minimum Gasteiger partial charge on any atom is -0.288 e. The number of terminal acetylenes is 1. The predicted octanol–water partition coefficient (Wildman–Crippen LogP) is 4.40. The molecule has 0 spiro atoms. The van der Waals surface area contributed by atoms with Gasteiger partial charge < -0.3 is 0 Å². The van der Waals surface area contributed by atoms with Crippen molar-refractivity contribution in [3.05, 3.63) is 57.7 Å². The molecule has 0 aliphatic heterocycles. The maximum Gasteiger partial charge on any atom is 0.201 e. The van der Waals surface area contributed by atoms with E-state index < -0.39 is 0 Å². The van der Waals surface area contributed by atoms with E-state index in [0.29, 0.717) is 11.1 Å². The van der Waals surface area contributed by atoms with E-state index in [0.717, 1.165) is 16.7 Å². The second kappa shape index (κ2) is 6.20. The van der Waals surface area contributed by atoms with E-state index in [-0.39, 0.29) is 5.78 Å². The summed E-state index contributed by atoms with van der Waals surface area (Å²) >= 11 is 0. The summed E-state index contributed by atoms with van der Waals surface area (Å²) in [6.07, 6.45) is 7.48. The van der Waals surface area contributed by atoms with Crippen LogP contribution in [0.1, 0.15) is 42.3 Å². The van der Waals surface area contributed by atoms with E-state index in [9.17, 15) is 4.79 Å². The second-order valence-electron chi connectivity index (χ2n) is 4.74. The third-order valence-corrected chi connectivity index (χ3v) is 3.54. The molecule has 0 aromatic heterocycles. The minimum atomic E-state index is -0.0794. The summed E-state index contributed by atoms with van der Waals surface area (Å²) in [5.41, 5.74) is 5.27. The highest BCUT2D eigenvalue weighted by Crippen LogP contribution is 2.19. The van der Waals surface area contributed by atoms with Crippen LogP contribution in [0, 0.1) is 26.2 Å². The van der Waals surface area contributed by atoms with E-state index in [1.165, 1.54) is 5.56 Å². The molecule has 0 saturated heterocycles. The van der Waals surface area contributed by atoms with Crippen LogP contribution in [0.2, 0.25) is 0 Å². The molecule has 1 rings (SSSR count). The molecular weight excluding hydrogens is 232 g/mol. The van der Waals surface area contributed by atoms with Gasteiger partial charge in [-0.1, -0.05) is 29.7 Å². The number of hydrogen-bond acceptors (Lipinski definition) is 1. The highest BCUT2D eigenvalue weighted by Gasteiger charge is 2.14. The van der Waals surface area contributed by atoms with Crippen LogP contribution in [0.5, 0.6) is 0 Å². The maximum atomic E-state index is 12.5. The van der Waals surface area contributed by atoms with E-state index in [4.69, 9.17) is 6.42 Å². The quantitative estimate of drug-likeness (QED) is 0.337. The van der Waals surface area contributed by atoms with Crippen molar-refractivity contribution in [2.24, 2.45) is 0 Å². The summed E-state index contributed by atoms with van der Waals surface area (Å²) < 4.78 is 0. The van der Waals surface area contributed by atoms with Gasteiger partial charge in [-0.05, 0) is 57.4 Å². The molecule has 1 aromatic carbocycles. The average Bonchev–Trinajstić information content (AvgIpc) is 2.41. The third-order valence-electron chi connectivity index (χ3n) is 3.54. The molecule has 0 unspecified atom stereocenters. The lowest BCUT2D eigenvalue weighted by Crippen LogP contribution is -2.05. The van der Waals surface area contributed by atoms with Crippen molar-refractivity contribution in [3.8, 4) is 12.3 Å². The average molecular weight is 252 g/mol. The van der Waals surface area contributed by atoms with Crippen LogP contribution in [0.4, 0.5) is 0 Å². The molecule has 0 radical (unpaired) electrons. The smallest absolute Gasteiger partial charge is 0.201 e. The largest absolute Gasteiger partial charge is 0.288 e. The first kappa shape index (κ1) is 15.0. The summed E-state index contributed by atoms with van der Waals surface area (Å²) in [6, 6.07) is 5.68. The minimum absolute atomic E-state index is 0.0794. The van der Waals surface area contributed by atoms with Crippen LogP contribution in [-0.2, 0) is 0 Å². The lowest BCUT2D eigenvalue weighted by atomic mass is 9.94. The lowest BCUT2D eigenvalue weighted by molar-refractivity contribution is 0.103. The van der Waals surface area contributed by atoms with Gasteiger partial charge in [0, 0.05) is 5.56 Å². The third kappa shape index (κ3) is 3.23. The van der Waals surface area contributed by atoms with Gasteiger partial charge in [0.05, 0.1) is 5.57 Å². The Labute approximate surface area is 116 Å². The zero-order chi connectivity index (χ0) is 14.6. The molecule has 0 heterocycles. The van der Waals surface area contributed by atoms with Crippen molar-refractivity contribution in [2.45, 2.75) is 34.6 Å². The number of rotatable bonds is 3. The standard InChI is InChI=1S/C18H20O/c1-7-12(3)15(6)17(8-2)18(19)16-10-9-13(4)14(5)11-16/h2,7,9-11H,1,3-6H3/b12-7-,17-15+. The number of allylic oxidation sites excluding steroid dienone is 4. The summed E-state index contributed by atoms with van der Waals surface area (Å²) in [7, 11) is 0. The fraction of sp³-hybridized carbons (Fsp3) is 0.278. The number of carbonyl (C=O) groups is 1. The molecule has 0 bridgehead atoms. The zero-order valence-corrected chi connectivity index (χ0v) is 12.3. The number of aryl methyl sites for hydroxylation is 2. The number of benzene rings is 1. The molecule has 0 N–H and O–H groups in total. The molecule has 0 atom stereocenters. The van der Waals surface area contributed by atoms with Crippen molar-refractivity contribution in [1.29, 1.82) is 0 Å². The Bertz CT molecular complexity index is 607. The fourth-order valence-corrected chi connectivity index (χ4v) is 1.78. The summed E-state index contributed by atoms with van der Waals surface area (Å²) in [5, 5.41) is 0. The van der Waals surface area contributed by atoms with Crippen LogP contribution in [0.15, 0.2) is 41.0 Å². The first-order chi connectivity index (χ1) is 8.92. The molecular formula is C18H20O. The first-order valence-corrected chi connectivity index (χ1v) is 6.35. The van der Waals surface area contributed by atoms with Crippen LogP contribution in [0.25, 0.3) is 0 Å². The number of ketones is 1. The monoisotopic (exact) mass is 252 g/mol. The van der Waals surface area contributed by atoms with E-state index in [2.05, 4.69) is 5.92 Å². The number of carbonyl (C=O) groups excluding carboxylic acids is 1. The van der Waals surface area contributed by atoms with E-state index in [1.54, 1.807) is 0 Å². The second-order valence-corrected chi connectivity index (χ2v) is 4.74. The molecule has 0 amide bonds. The van der Waals surface area contributed by atoms with Gasteiger partial charge in [0.1, 0.15) is 0 Å². The maximum absolute atomic E-state index is 12.5. The van der Waals surface area contributed by atoms with Gasteiger partial charge in [0.2, 0.25) is 5.78 Å². The molecule has 0 aliphatic carbocycles. The molecule has 1 heteroatoms. The Morgan fingerprint density at radius 1 is 1.21 bits per heavy atom. The van der Waals surface area contributed by atoms with Crippen molar-refractivity contribution in [2.75, 3.05) is 0 Å². The van der Waals surface area contributed by atoms with Gasteiger partial charge in [-0.3, -0.25) is 4.79 Å². The Hall–Kier alpha value is -2.07. The van der Waals surface area contributed by atoms with Crippen LogP contribution < -0.4 is 0 Å². The molecule has 1 aromatic rings. The van der Waals surface area contributed by atoms with Gasteiger partial charge in [-0.25, -0.2) is 0 Å². The van der Waals surface area contributed by atoms with E-state index in [1.807, 2.05) is 58.9 Å². The van der Waals surface area contributed by atoms with Gasteiger partial charge in [-0.15, -0.1) is 6.42 Å². The van der Waals surface area contributed by atoms with E-state index >= 15 is 0 Å². The highest BCUT2D eigenvalue weighted by molar-refractivity contribution is 6.12. The summed E-state index contributed by atoms with van der Waals surface area (Å²) in [4.78, 5) is 12.5. The van der Waals surface area contributed by atoms with Gasteiger partial charge in [0.15, 0.2) is 0 Å². The van der Waals surface area contributed by atoms with Crippen LogP contribution >= 0.6 is 0 Å². The Balaban J connectivity index is 3.32. The molecule has 0 aliphatic rings. The molecule has 0 fully saturated rings. The molecule has 1 nitrogen and oxygen atoms in total. The van der Waals surface area contributed by atoms with Crippen LogP contribution in [-0.4, -0.2) is 5.78 Å². The normalized spacial score (nSPS) is 12.7. The van der Waals surface area contributed by atoms with Gasteiger partial charge in [-0.2, -0.15) is 0 Å². The summed E-state index contributed by atoms with van der Waals surface area (Å²) in [5.74, 6) is 2.46. The fourth-order valence-electron chi connectivity index (χ4n) is 1.78. The van der Waals surface area contributed by atoms with Crippen molar-refractivity contribution < 1.29 is 4.79 Å². The van der Waals surface area contributed by atoms with Gasteiger partial charge in [0.25, 0.3) is 0 Å². The molecule has 98 valence electrons. The Morgan fingerprint density at radius 3 is 2.32 bits per heavy atom. The zero-order valence-electron chi connectivity index (χ0n) is 12.3. The summed E-state index contributed by atoms with van der Waals surface area (Å²) in [6.45, 7) is 9.81. The Kier molecular flexibility index (Phi) is 4.89. The van der Waals surface area contributed by atoms with Crippen molar-refractivity contribution in [1.82, 2.24) is 0 Å². The topological polar surface area (TPSA) is 17.1 Å². The molecule has 0 saturated carbocycles. The Morgan fingerprint density at radius 2 is 1.84 bits per heavy atom. The number of hydrogen-bond donors (Lipinski definition) is 0. The van der Waals surface area contributed by atoms with Crippen molar-refractivity contribution >= 4 is 5.78 Å². The van der Waals surface area contributed by atoms with Crippen LogP contribution in [0.3, 0.4) is 0 Å². The lowest BCUT2D eigenvalue weighted by Gasteiger charge is -2.08. The molecule has 19 heavy (non-hydrogen) atoms. The first-order valence-electron chi connectivity index (χ1n) is 6.35. The predicted molar refractivity (Wildman–Crippen MR) is 81.2 cm³/mol. The SMILES string of the molecule is C#C/C(C(=O)c1ccc(C)c(C)c1)=C(C)\C(C)=C/C. The highest BCUT2D eigenvalue weighted by atomic mass is 16.1. The number of Topliss-reactive ketones (excluding diaryl/α,β-unsaturated/α-hetero) is 1.